The van der Waals surface area contributed by atoms with E-state index in [1.165, 1.54) is 0 Å². The molecule has 0 fully saturated rings. The van der Waals surface area contributed by atoms with E-state index < -0.39 is 6.09 Å². The van der Waals surface area contributed by atoms with Crippen LogP contribution in [0.25, 0.3) is 0 Å². The van der Waals surface area contributed by atoms with Gasteiger partial charge in [0, 0.05) is 10.7 Å². The van der Waals surface area contributed by atoms with Crippen LogP contribution in [-0.2, 0) is 4.74 Å². The zero-order valence-electron chi connectivity index (χ0n) is 8.00. The number of ether oxygens (including phenoxy) is 1. The Labute approximate surface area is 90.8 Å². The van der Waals surface area contributed by atoms with Crippen molar-refractivity contribution < 1.29 is 9.53 Å². The van der Waals surface area contributed by atoms with Gasteiger partial charge in [0.1, 0.15) is 0 Å². The molecule has 0 saturated heterocycles. The summed E-state index contributed by atoms with van der Waals surface area (Å²) in [7, 11) is 0. The van der Waals surface area contributed by atoms with Crippen molar-refractivity contribution in [2.45, 2.75) is 13.8 Å². The number of halogens is 1. The minimum atomic E-state index is -0.462. The Morgan fingerprint density at radius 1 is 1.71 bits per heavy atom. The summed E-state index contributed by atoms with van der Waals surface area (Å²) in [4.78, 5) is 15.2. The molecule has 1 N–H and O–H groups in total. The Morgan fingerprint density at radius 2 is 2.43 bits per heavy atom. The topological polar surface area (TPSA) is 51.2 Å². The highest BCUT2D eigenvalue weighted by Gasteiger charge is 2.05. The molecular formula is C9H11BrN2O2. The van der Waals surface area contributed by atoms with Crippen LogP contribution in [0.4, 0.5) is 10.5 Å². The number of rotatable bonds is 2. The minimum Gasteiger partial charge on any atom is -0.450 e. The van der Waals surface area contributed by atoms with E-state index in [0.29, 0.717) is 12.3 Å². The third-order valence-corrected chi connectivity index (χ3v) is 2.00. The van der Waals surface area contributed by atoms with Crippen LogP contribution < -0.4 is 5.32 Å². The van der Waals surface area contributed by atoms with Crippen molar-refractivity contribution >= 4 is 27.7 Å². The lowest BCUT2D eigenvalue weighted by molar-refractivity contribution is 0.168. The summed E-state index contributed by atoms with van der Waals surface area (Å²) in [6, 6.07) is 1.78. The largest absolute Gasteiger partial charge is 0.450 e. The van der Waals surface area contributed by atoms with Gasteiger partial charge in [-0.05, 0) is 35.8 Å². The number of nitrogens with zero attached hydrogens (tertiary/aromatic N) is 1. The second kappa shape index (κ2) is 4.95. The maximum Gasteiger partial charge on any atom is 0.411 e. The molecule has 5 heteroatoms. The zero-order valence-corrected chi connectivity index (χ0v) is 9.59. The molecule has 0 atom stereocenters. The van der Waals surface area contributed by atoms with Crippen LogP contribution in [-0.4, -0.2) is 17.7 Å². The Hall–Kier alpha value is -1.10. The zero-order chi connectivity index (χ0) is 10.6. The number of hydrogen-bond donors (Lipinski definition) is 1. The number of hydrogen-bond acceptors (Lipinski definition) is 3. The molecule has 0 saturated carbocycles. The predicted molar refractivity (Wildman–Crippen MR) is 57.3 cm³/mol. The van der Waals surface area contributed by atoms with Crippen LogP contribution >= 0.6 is 15.9 Å². The molecule has 0 bridgehead atoms. The van der Waals surface area contributed by atoms with Gasteiger partial charge in [0.25, 0.3) is 0 Å². The fraction of sp³-hybridized carbons (Fsp3) is 0.333. The van der Waals surface area contributed by atoms with Crippen LogP contribution in [0.2, 0.25) is 0 Å². The number of nitrogens with one attached hydrogen (secondary N) is 1. The first-order valence-electron chi connectivity index (χ1n) is 4.19. The lowest BCUT2D eigenvalue weighted by Crippen LogP contribution is -2.14. The molecule has 1 amide bonds. The van der Waals surface area contributed by atoms with Gasteiger partial charge >= 0.3 is 6.09 Å². The molecule has 0 spiro atoms. The van der Waals surface area contributed by atoms with Crippen molar-refractivity contribution in [1.29, 1.82) is 0 Å². The van der Waals surface area contributed by atoms with E-state index in [9.17, 15) is 4.79 Å². The molecule has 4 nitrogen and oxygen atoms in total. The number of amides is 1. The van der Waals surface area contributed by atoms with Crippen LogP contribution in [0.1, 0.15) is 12.6 Å². The Balaban J connectivity index is 2.75. The van der Waals surface area contributed by atoms with E-state index in [1.54, 1.807) is 19.2 Å². The fourth-order valence-electron chi connectivity index (χ4n) is 0.911. The highest BCUT2D eigenvalue weighted by atomic mass is 79.9. The quantitative estimate of drug-likeness (QED) is 0.888. The van der Waals surface area contributed by atoms with Crippen LogP contribution in [0.3, 0.4) is 0 Å². The summed E-state index contributed by atoms with van der Waals surface area (Å²) >= 11 is 3.27. The molecule has 0 aromatic carbocycles. The molecule has 14 heavy (non-hydrogen) atoms. The van der Waals surface area contributed by atoms with E-state index in [1.807, 2.05) is 6.92 Å². The van der Waals surface area contributed by atoms with Gasteiger partial charge in [-0.1, -0.05) is 0 Å². The molecule has 1 aromatic heterocycles. The van der Waals surface area contributed by atoms with Gasteiger partial charge < -0.3 is 4.74 Å². The number of carbonyl (C=O) groups excluding carboxylic acids is 1. The van der Waals surface area contributed by atoms with Crippen molar-refractivity contribution in [2.24, 2.45) is 0 Å². The van der Waals surface area contributed by atoms with E-state index in [2.05, 4.69) is 26.2 Å². The summed E-state index contributed by atoms with van der Waals surface area (Å²) in [6.07, 6.45) is 1.21. The molecule has 0 aliphatic carbocycles. The third kappa shape index (κ3) is 2.99. The first kappa shape index (κ1) is 11.0. The Morgan fingerprint density at radius 3 is 3.07 bits per heavy atom. The molecule has 0 unspecified atom stereocenters. The van der Waals surface area contributed by atoms with E-state index in [0.717, 1.165) is 10.2 Å². The van der Waals surface area contributed by atoms with Gasteiger partial charge in [-0.15, -0.1) is 0 Å². The van der Waals surface area contributed by atoms with Crippen LogP contribution in [0.5, 0.6) is 0 Å². The van der Waals surface area contributed by atoms with Crippen molar-refractivity contribution in [2.75, 3.05) is 11.9 Å². The smallest absolute Gasteiger partial charge is 0.411 e. The summed E-state index contributed by atoms with van der Waals surface area (Å²) in [6.45, 7) is 3.92. The van der Waals surface area contributed by atoms with Gasteiger partial charge in [-0.25, -0.2) is 4.79 Å². The summed E-state index contributed by atoms with van der Waals surface area (Å²) in [5.74, 6) is 0. The average Bonchev–Trinajstić information content (AvgIpc) is 2.12. The molecule has 0 aliphatic rings. The van der Waals surface area contributed by atoms with E-state index >= 15 is 0 Å². The molecule has 1 rings (SSSR count). The molecule has 1 aromatic rings. The highest BCUT2D eigenvalue weighted by Crippen LogP contribution is 2.18. The highest BCUT2D eigenvalue weighted by molar-refractivity contribution is 9.10. The number of anilines is 1. The number of aryl methyl sites for hydroxylation is 1. The second-order valence-electron chi connectivity index (χ2n) is 2.63. The van der Waals surface area contributed by atoms with Gasteiger partial charge in [-0.2, -0.15) is 0 Å². The molecule has 0 aliphatic heterocycles. The number of aromatic nitrogens is 1. The minimum absolute atomic E-state index is 0.353. The predicted octanol–water partition coefficient (Wildman–Crippen LogP) is 2.72. The maximum atomic E-state index is 11.1. The van der Waals surface area contributed by atoms with Gasteiger partial charge in [0.15, 0.2) is 0 Å². The second-order valence-corrected chi connectivity index (χ2v) is 3.55. The first-order chi connectivity index (χ1) is 6.63. The lowest BCUT2D eigenvalue weighted by atomic mass is 10.3. The number of carbonyl (C=O) groups is 1. The fourth-order valence-corrected chi connectivity index (χ4v) is 1.24. The summed E-state index contributed by atoms with van der Waals surface area (Å²) in [5, 5.41) is 2.60. The Bertz CT molecular complexity index is 342. The van der Waals surface area contributed by atoms with Crippen LogP contribution in [0.15, 0.2) is 16.7 Å². The van der Waals surface area contributed by atoms with Gasteiger partial charge in [0.05, 0.1) is 18.0 Å². The van der Waals surface area contributed by atoms with E-state index in [4.69, 9.17) is 4.74 Å². The van der Waals surface area contributed by atoms with Crippen molar-refractivity contribution in [3.05, 3.63) is 22.4 Å². The molecule has 76 valence electrons. The third-order valence-electron chi connectivity index (χ3n) is 1.57. The Kier molecular flexibility index (Phi) is 3.88. The monoisotopic (exact) mass is 258 g/mol. The summed E-state index contributed by atoms with van der Waals surface area (Å²) < 4.78 is 5.56. The normalized spacial score (nSPS) is 9.64. The van der Waals surface area contributed by atoms with Gasteiger partial charge in [0.2, 0.25) is 0 Å². The summed E-state index contributed by atoms with van der Waals surface area (Å²) in [5.41, 5.74) is 1.40. The maximum absolute atomic E-state index is 11.1. The van der Waals surface area contributed by atoms with E-state index in [-0.39, 0.29) is 0 Å². The standard InChI is InChI=1S/C9H11BrN2O2/c1-3-14-9(13)12-8-4-7(10)5-11-6(8)2/h4-5H,3H2,1-2H3,(H,12,13). The van der Waals surface area contributed by atoms with Crippen LogP contribution in [0, 0.1) is 6.92 Å². The number of pyridine rings is 1. The van der Waals surface area contributed by atoms with Crippen molar-refractivity contribution in [1.82, 2.24) is 4.98 Å². The SMILES string of the molecule is CCOC(=O)Nc1cc(Br)cnc1C. The van der Waals surface area contributed by atoms with Crippen molar-refractivity contribution in [3.63, 3.8) is 0 Å². The van der Waals surface area contributed by atoms with Gasteiger partial charge in [-0.3, -0.25) is 10.3 Å². The van der Waals surface area contributed by atoms with Crippen molar-refractivity contribution in [3.8, 4) is 0 Å². The molecule has 1 heterocycles. The first-order valence-corrected chi connectivity index (χ1v) is 4.98. The molecule has 0 radical (unpaired) electrons. The molecular weight excluding hydrogens is 248 g/mol. The lowest BCUT2D eigenvalue weighted by Gasteiger charge is -2.07. The average molecular weight is 259 g/mol.